The normalized spacial score (nSPS) is 14.8. The lowest BCUT2D eigenvalue weighted by molar-refractivity contribution is 0.0740. The second-order valence-corrected chi connectivity index (χ2v) is 5.74. The molecule has 0 saturated carbocycles. The number of aromatic nitrogens is 7. The van der Waals surface area contributed by atoms with Crippen LogP contribution in [0.3, 0.4) is 0 Å². The molecule has 1 aliphatic heterocycles. The van der Waals surface area contributed by atoms with E-state index in [4.69, 9.17) is 0 Å². The largest absolute Gasteiger partial charge is 0.353 e. The van der Waals surface area contributed by atoms with Crippen molar-refractivity contribution in [3.8, 4) is 5.82 Å². The van der Waals surface area contributed by atoms with Crippen LogP contribution in [0.2, 0.25) is 0 Å². The number of carbonyl (C=O) groups is 1. The minimum Gasteiger partial charge on any atom is -0.353 e. The standard InChI is InChI=1S/C15H17N9O/c1-21-10-12(19-20-21)15(25)23-7-5-22(6-8-23)13-9-14(17-11-16-13)24-4-2-3-18-24/h2-4,9-11H,5-8H2,1H3. The van der Waals surface area contributed by atoms with Crippen molar-refractivity contribution in [3.05, 3.63) is 42.7 Å². The van der Waals surface area contributed by atoms with Gasteiger partial charge in [-0.05, 0) is 6.07 Å². The summed E-state index contributed by atoms with van der Waals surface area (Å²) in [6.45, 7) is 2.61. The third kappa shape index (κ3) is 3.05. The van der Waals surface area contributed by atoms with E-state index in [0.717, 1.165) is 5.82 Å². The van der Waals surface area contributed by atoms with Gasteiger partial charge >= 0.3 is 0 Å². The molecule has 4 heterocycles. The zero-order chi connectivity index (χ0) is 17.2. The quantitative estimate of drug-likeness (QED) is 0.649. The van der Waals surface area contributed by atoms with Gasteiger partial charge < -0.3 is 9.80 Å². The lowest BCUT2D eigenvalue weighted by Gasteiger charge is -2.35. The zero-order valence-electron chi connectivity index (χ0n) is 13.7. The molecular weight excluding hydrogens is 322 g/mol. The maximum absolute atomic E-state index is 12.4. The molecule has 3 aromatic heterocycles. The average Bonchev–Trinajstić information content (AvgIpc) is 3.33. The summed E-state index contributed by atoms with van der Waals surface area (Å²) in [5, 5.41) is 11.9. The molecule has 0 radical (unpaired) electrons. The Morgan fingerprint density at radius 3 is 2.60 bits per heavy atom. The van der Waals surface area contributed by atoms with Gasteiger partial charge in [-0.25, -0.2) is 14.6 Å². The second-order valence-electron chi connectivity index (χ2n) is 5.74. The minimum atomic E-state index is -0.0901. The molecule has 10 nitrogen and oxygen atoms in total. The molecule has 0 spiro atoms. The molecule has 128 valence electrons. The molecule has 1 amide bonds. The maximum atomic E-state index is 12.4. The van der Waals surface area contributed by atoms with Crippen LogP contribution in [-0.4, -0.2) is 71.7 Å². The Morgan fingerprint density at radius 1 is 1.12 bits per heavy atom. The highest BCUT2D eigenvalue weighted by molar-refractivity contribution is 5.92. The van der Waals surface area contributed by atoms with E-state index in [1.807, 2.05) is 18.3 Å². The Hall–Kier alpha value is -3.30. The highest BCUT2D eigenvalue weighted by atomic mass is 16.2. The minimum absolute atomic E-state index is 0.0901. The van der Waals surface area contributed by atoms with Crippen molar-refractivity contribution in [1.82, 2.24) is 39.6 Å². The fourth-order valence-corrected chi connectivity index (χ4v) is 2.79. The van der Waals surface area contributed by atoms with Gasteiger partial charge in [0.05, 0.1) is 6.20 Å². The van der Waals surface area contributed by atoms with Gasteiger partial charge in [0.15, 0.2) is 11.5 Å². The van der Waals surface area contributed by atoms with Gasteiger partial charge in [-0.3, -0.25) is 9.48 Å². The van der Waals surface area contributed by atoms with E-state index in [9.17, 15) is 4.79 Å². The van der Waals surface area contributed by atoms with E-state index in [2.05, 4.69) is 30.3 Å². The number of carbonyl (C=O) groups excluding carboxylic acids is 1. The second kappa shape index (κ2) is 6.30. The predicted octanol–water partition coefficient (Wildman–Crippen LogP) is -0.247. The first-order chi connectivity index (χ1) is 12.2. The van der Waals surface area contributed by atoms with Gasteiger partial charge in [0.2, 0.25) is 0 Å². The molecular formula is C15H17N9O. The molecule has 3 aromatic rings. The molecule has 25 heavy (non-hydrogen) atoms. The Labute approximate surface area is 143 Å². The number of hydrogen-bond acceptors (Lipinski definition) is 7. The van der Waals surface area contributed by atoms with Gasteiger partial charge in [-0.2, -0.15) is 5.10 Å². The van der Waals surface area contributed by atoms with Crippen LogP contribution in [0.1, 0.15) is 10.5 Å². The van der Waals surface area contributed by atoms with Crippen molar-refractivity contribution in [1.29, 1.82) is 0 Å². The Balaban J connectivity index is 1.44. The summed E-state index contributed by atoms with van der Waals surface area (Å²) in [5.74, 6) is 1.45. The lowest BCUT2D eigenvalue weighted by Crippen LogP contribution is -2.49. The summed E-state index contributed by atoms with van der Waals surface area (Å²) < 4.78 is 3.22. The first kappa shape index (κ1) is 15.2. The van der Waals surface area contributed by atoms with Crippen molar-refractivity contribution < 1.29 is 4.79 Å². The van der Waals surface area contributed by atoms with Crippen LogP contribution >= 0.6 is 0 Å². The van der Waals surface area contributed by atoms with Crippen LogP contribution in [-0.2, 0) is 7.05 Å². The molecule has 1 aliphatic rings. The fraction of sp³-hybridized carbons (Fsp3) is 0.333. The average molecular weight is 339 g/mol. The van der Waals surface area contributed by atoms with E-state index in [1.165, 1.54) is 11.0 Å². The van der Waals surface area contributed by atoms with Crippen LogP contribution < -0.4 is 4.90 Å². The molecule has 10 heteroatoms. The van der Waals surface area contributed by atoms with Crippen molar-refractivity contribution in [2.45, 2.75) is 0 Å². The molecule has 0 bridgehead atoms. The number of rotatable bonds is 3. The molecule has 1 fully saturated rings. The summed E-state index contributed by atoms with van der Waals surface area (Å²) in [7, 11) is 1.74. The lowest BCUT2D eigenvalue weighted by atomic mass is 10.3. The third-order valence-corrected chi connectivity index (χ3v) is 4.09. The van der Waals surface area contributed by atoms with E-state index < -0.39 is 0 Å². The van der Waals surface area contributed by atoms with Crippen molar-refractivity contribution in [2.75, 3.05) is 31.1 Å². The summed E-state index contributed by atoms with van der Waals surface area (Å²) in [6, 6.07) is 3.74. The van der Waals surface area contributed by atoms with E-state index in [0.29, 0.717) is 37.7 Å². The van der Waals surface area contributed by atoms with Crippen LogP contribution in [0.4, 0.5) is 5.82 Å². The molecule has 0 aromatic carbocycles. The highest BCUT2D eigenvalue weighted by Crippen LogP contribution is 2.16. The van der Waals surface area contributed by atoms with Crippen LogP contribution in [0.25, 0.3) is 5.82 Å². The zero-order valence-corrected chi connectivity index (χ0v) is 13.7. The summed E-state index contributed by atoms with van der Waals surface area (Å²) in [5.41, 5.74) is 0.374. The monoisotopic (exact) mass is 339 g/mol. The molecule has 4 rings (SSSR count). The number of anilines is 1. The van der Waals surface area contributed by atoms with Gasteiger partial charge in [-0.1, -0.05) is 5.21 Å². The summed E-state index contributed by atoms with van der Waals surface area (Å²) >= 11 is 0. The first-order valence-corrected chi connectivity index (χ1v) is 7.93. The van der Waals surface area contributed by atoms with Gasteiger partial charge in [0.1, 0.15) is 12.1 Å². The number of piperazine rings is 1. The van der Waals surface area contributed by atoms with Gasteiger partial charge in [0, 0.05) is 51.7 Å². The number of amides is 1. The van der Waals surface area contributed by atoms with Crippen LogP contribution in [0.15, 0.2) is 37.1 Å². The Kier molecular flexibility index (Phi) is 3.84. The number of hydrogen-bond donors (Lipinski definition) is 0. The maximum Gasteiger partial charge on any atom is 0.276 e. The molecule has 0 N–H and O–H groups in total. The van der Waals surface area contributed by atoms with Crippen molar-refractivity contribution in [2.24, 2.45) is 7.05 Å². The van der Waals surface area contributed by atoms with Crippen molar-refractivity contribution in [3.63, 3.8) is 0 Å². The predicted molar refractivity (Wildman–Crippen MR) is 88.3 cm³/mol. The molecule has 0 unspecified atom stereocenters. The number of aryl methyl sites for hydroxylation is 1. The molecule has 1 saturated heterocycles. The van der Waals surface area contributed by atoms with Gasteiger partial charge in [0.25, 0.3) is 5.91 Å². The first-order valence-electron chi connectivity index (χ1n) is 7.93. The van der Waals surface area contributed by atoms with Crippen molar-refractivity contribution >= 4 is 11.7 Å². The fourth-order valence-electron chi connectivity index (χ4n) is 2.79. The topological polar surface area (TPSA) is 97.9 Å². The number of nitrogens with zero attached hydrogens (tertiary/aromatic N) is 9. The Bertz CT molecular complexity index is 865. The van der Waals surface area contributed by atoms with Crippen LogP contribution in [0.5, 0.6) is 0 Å². The molecule has 0 atom stereocenters. The Morgan fingerprint density at radius 2 is 1.92 bits per heavy atom. The van der Waals surface area contributed by atoms with E-state index in [1.54, 1.807) is 29.0 Å². The van der Waals surface area contributed by atoms with Gasteiger partial charge in [-0.15, -0.1) is 5.10 Å². The van der Waals surface area contributed by atoms with Crippen LogP contribution in [0, 0.1) is 0 Å². The SMILES string of the molecule is Cn1cc(C(=O)N2CCN(c3cc(-n4cccn4)ncn3)CC2)nn1. The molecule has 0 aliphatic carbocycles. The smallest absolute Gasteiger partial charge is 0.276 e. The van der Waals surface area contributed by atoms with E-state index in [-0.39, 0.29) is 5.91 Å². The summed E-state index contributed by atoms with van der Waals surface area (Å²) in [4.78, 5) is 24.9. The third-order valence-electron chi connectivity index (χ3n) is 4.09. The van der Waals surface area contributed by atoms with E-state index >= 15 is 0 Å². The highest BCUT2D eigenvalue weighted by Gasteiger charge is 2.24. The summed E-state index contributed by atoms with van der Waals surface area (Å²) in [6.07, 6.45) is 6.71.